The second-order valence-electron chi connectivity index (χ2n) is 6.29. The van der Waals surface area contributed by atoms with Gasteiger partial charge in [-0.05, 0) is 45.2 Å². The van der Waals surface area contributed by atoms with Gasteiger partial charge in [0.25, 0.3) is 0 Å². The van der Waals surface area contributed by atoms with Crippen LogP contribution in [0.25, 0.3) is 5.69 Å². The van der Waals surface area contributed by atoms with Crippen molar-refractivity contribution in [2.45, 2.75) is 50.1 Å². The number of aromatic nitrogens is 3. The monoisotopic (exact) mass is 360 g/mol. The van der Waals surface area contributed by atoms with Gasteiger partial charge in [-0.15, -0.1) is 10.2 Å². The zero-order valence-corrected chi connectivity index (χ0v) is 15.7. The summed E-state index contributed by atoms with van der Waals surface area (Å²) >= 11 is 1.42. The average Bonchev–Trinajstić information content (AvgIpc) is 3.23. The SMILES string of the molecule is Cc1ccccc1-n1c(C)nnc1S[C@@H](C)C(=O)NC[C@@H]1CCCO1. The summed E-state index contributed by atoms with van der Waals surface area (Å²) in [7, 11) is 0. The number of ether oxygens (including phenoxy) is 1. The standard InChI is InChI=1S/C18H24N4O2S/c1-12-7-4-5-9-16(12)22-14(3)20-21-18(22)25-13(2)17(23)19-11-15-8-6-10-24-15/h4-5,7,9,13,15H,6,8,10-11H2,1-3H3,(H,19,23)/t13-,15-/m0/s1. The molecule has 0 radical (unpaired) electrons. The third-order valence-corrected chi connectivity index (χ3v) is 5.37. The Morgan fingerprint density at radius 3 is 2.92 bits per heavy atom. The number of benzene rings is 1. The lowest BCUT2D eigenvalue weighted by Gasteiger charge is -2.16. The molecule has 1 aliphatic rings. The van der Waals surface area contributed by atoms with E-state index in [1.807, 2.05) is 36.6 Å². The third-order valence-electron chi connectivity index (χ3n) is 4.33. The van der Waals surface area contributed by atoms with E-state index in [2.05, 4.69) is 28.5 Å². The van der Waals surface area contributed by atoms with Gasteiger partial charge in [-0.1, -0.05) is 30.0 Å². The highest BCUT2D eigenvalue weighted by Crippen LogP contribution is 2.27. The van der Waals surface area contributed by atoms with Gasteiger partial charge in [0.2, 0.25) is 5.91 Å². The zero-order chi connectivity index (χ0) is 17.8. The van der Waals surface area contributed by atoms with Gasteiger partial charge in [0.15, 0.2) is 5.16 Å². The Labute approximate surface area is 152 Å². The molecule has 1 aromatic carbocycles. The van der Waals surface area contributed by atoms with Crippen molar-refractivity contribution in [2.75, 3.05) is 13.2 Å². The fraction of sp³-hybridized carbons (Fsp3) is 0.500. The summed E-state index contributed by atoms with van der Waals surface area (Å²) in [6.45, 7) is 7.24. The quantitative estimate of drug-likeness (QED) is 0.802. The largest absolute Gasteiger partial charge is 0.376 e. The smallest absolute Gasteiger partial charge is 0.233 e. The highest BCUT2D eigenvalue weighted by Gasteiger charge is 2.22. The maximum absolute atomic E-state index is 12.4. The highest BCUT2D eigenvalue weighted by atomic mass is 32.2. The molecule has 134 valence electrons. The number of amides is 1. The normalized spacial score (nSPS) is 18.3. The first kappa shape index (κ1) is 17.9. The first-order valence-electron chi connectivity index (χ1n) is 8.60. The number of nitrogens with zero attached hydrogens (tertiary/aromatic N) is 3. The first-order chi connectivity index (χ1) is 12.1. The van der Waals surface area contributed by atoms with E-state index < -0.39 is 0 Å². The molecule has 2 atom stereocenters. The lowest BCUT2D eigenvalue weighted by atomic mass is 10.2. The molecule has 0 aliphatic carbocycles. The molecule has 0 saturated carbocycles. The minimum atomic E-state index is -0.257. The second kappa shape index (κ2) is 8.01. The van der Waals surface area contributed by atoms with E-state index in [9.17, 15) is 4.79 Å². The molecule has 6 nitrogen and oxygen atoms in total. The molecular weight excluding hydrogens is 336 g/mol. The molecule has 7 heteroatoms. The van der Waals surface area contributed by atoms with Gasteiger partial charge < -0.3 is 10.1 Å². The predicted octanol–water partition coefficient (Wildman–Crippen LogP) is 2.66. The summed E-state index contributed by atoms with van der Waals surface area (Å²) in [6, 6.07) is 8.10. The fourth-order valence-electron chi connectivity index (χ4n) is 2.89. The molecule has 1 N–H and O–H groups in total. The molecule has 0 bridgehead atoms. The summed E-state index contributed by atoms with van der Waals surface area (Å²) in [5.41, 5.74) is 2.18. The molecule has 2 aromatic rings. The Morgan fingerprint density at radius 1 is 1.40 bits per heavy atom. The van der Waals surface area contributed by atoms with Crippen LogP contribution in [0.3, 0.4) is 0 Å². The average molecular weight is 360 g/mol. The molecule has 1 amide bonds. The predicted molar refractivity (Wildman–Crippen MR) is 98.1 cm³/mol. The minimum Gasteiger partial charge on any atom is -0.376 e. The van der Waals surface area contributed by atoms with Crippen molar-refractivity contribution < 1.29 is 9.53 Å². The fourth-order valence-corrected chi connectivity index (χ4v) is 3.82. The van der Waals surface area contributed by atoms with E-state index in [0.29, 0.717) is 6.54 Å². The maximum Gasteiger partial charge on any atom is 0.233 e. The van der Waals surface area contributed by atoms with Crippen LogP contribution < -0.4 is 5.32 Å². The van der Waals surface area contributed by atoms with Crippen molar-refractivity contribution in [1.29, 1.82) is 0 Å². The number of carbonyl (C=O) groups excluding carboxylic acids is 1. The van der Waals surface area contributed by atoms with Crippen molar-refractivity contribution in [2.24, 2.45) is 0 Å². The summed E-state index contributed by atoms with van der Waals surface area (Å²) in [5, 5.41) is 11.9. The number of para-hydroxylation sites is 1. The summed E-state index contributed by atoms with van der Waals surface area (Å²) < 4.78 is 7.55. The van der Waals surface area contributed by atoms with Crippen LogP contribution in [0.1, 0.15) is 31.2 Å². The molecule has 0 unspecified atom stereocenters. The minimum absolute atomic E-state index is 0.00233. The molecule has 1 fully saturated rings. The van der Waals surface area contributed by atoms with Gasteiger partial charge in [0.05, 0.1) is 17.0 Å². The molecule has 1 aromatic heterocycles. The Bertz CT molecular complexity index is 740. The number of rotatable bonds is 6. The lowest BCUT2D eigenvalue weighted by Crippen LogP contribution is -2.36. The van der Waals surface area contributed by atoms with Gasteiger partial charge in [0.1, 0.15) is 5.82 Å². The van der Waals surface area contributed by atoms with Gasteiger partial charge in [0, 0.05) is 13.2 Å². The van der Waals surface area contributed by atoms with Crippen molar-refractivity contribution >= 4 is 17.7 Å². The number of aryl methyl sites for hydroxylation is 2. The van der Waals surface area contributed by atoms with Crippen LogP contribution in [-0.4, -0.2) is 45.2 Å². The van der Waals surface area contributed by atoms with Crippen LogP contribution >= 0.6 is 11.8 Å². The molecular formula is C18H24N4O2S. The summed E-state index contributed by atoms with van der Waals surface area (Å²) in [6.07, 6.45) is 2.24. The molecule has 1 aliphatic heterocycles. The number of carbonyl (C=O) groups is 1. The van der Waals surface area contributed by atoms with Crippen molar-refractivity contribution in [3.05, 3.63) is 35.7 Å². The molecule has 2 heterocycles. The van der Waals surface area contributed by atoms with Gasteiger partial charge in [-0.25, -0.2) is 0 Å². The molecule has 0 spiro atoms. The van der Waals surface area contributed by atoms with Gasteiger partial charge in [-0.3, -0.25) is 9.36 Å². The number of hydrogen-bond acceptors (Lipinski definition) is 5. The van der Waals surface area contributed by atoms with Crippen molar-refractivity contribution in [1.82, 2.24) is 20.1 Å². The van der Waals surface area contributed by atoms with E-state index in [4.69, 9.17) is 4.74 Å². The van der Waals surface area contributed by atoms with E-state index in [0.717, 1.165) is 41.7 Å². The molecule has 25 heavy (non-hydrogen) atoms. The van der Waals surface area contributed by atoms with Crippen LogP contribution in [-0.2, 0) is 9.53 Å². The highest BCUT2D eigenvalue weighted by molar-refractivity contribution is 8.00. The van der Waals surface area contributed by atoms with Crippen molar-refractivity contribution in [3.8, 4) is 5.69 Å². The summed E-state index contributed by atoms with van der Waals surface area (Å²) in [5.74, 6) is 0.807. The van der Waals surface area contributed by atoms with Crippen molar-refractivity contribution in [3.63, 3.8) is 0 Å². The topological polar surface area (TPSA) is 69.0 Å². The Kier molecular flexibility index (Phi) is 5.75. The van der Waals surface area contributed by atoms with Crippen LogP contribution in [0.5, 0.6) is 0 Å². The van der Waals surface area contributed by atoms with E-state index in [1.165, 1.54) is 11.8 Å². The van der Waals surface area contributed by atoms with E-state index >= 15 is 0 Å². The van der Waals surface area contributed by atoms with Gasteiger partial charge in [-0.2, -0.15) is 0 Å². The lowest BCUT2D eigenvalue weighted by molar-refractivity contribution is -0.120. The Morgan fingerprint density at radius 2 is 2.20 bits per heavy atom. The number of thioether (sulfide) groups is 1. The van der Waals surface area contributed by atoms with E-state index in [1.54, 1.807) is 0 Å². The van der Waals surface area contributed by atoms with Crippen LogP contribution in [0, 0.1) is 13.8 Å². The van der Waals surface area contributed by atoms with Crippen LogP contribution in [0.4, 0.5) is 0 Å². The maximum atomic E-state index is 12.4. The Balaban J connectivity index is 1.68. The number of hydrogen-bond donors (Lipinski definition) is 1. The third kappa shape index (κ3) is 4.22. The Hall–Kier alpha value is -1.86. The van der Waals surface area contributed by atoms with Crippen LogP contribution in [0.15, 0.2) is 29.4 Å². The molecule has 3 rings (SSSR count). The van der Waals surface area contributed by atoms with Gasteiger partial charge >= 0.3 is 0 Å². The molecule has 1 saturated heterocycles. The van der Waals surface area contributed by atoms with E-state index in [-0.39, 0.29) is 17.3 Å². The summed E-state index contributed by atoms with van der Waals surface area (Å²) in [4.78, 5) is 12.4. The zero-order valence-electron chi connectivity index (χ0n) is 14.9. The second-order valence-corrected chi connectivity index (χ2v) is 7.60. The number of nitrogens with one attached hydrogen (secondary N) is 1. The first-order valence-corrected chi connectivity index (χ1v) is 9.48. The van der Waals surface area contributed by atoms with Crippen LogP contribution in [0.2, 0.25) is 0 Å².